The molecule has 0 unspecified atom stereocenters. The van der Waals surface area contributed by atoms with Crippen LogP contribution in [-0.2, 0) is 10.0 Å². The number of hydrogen-bond donors (Lipinski definition) is 2. The number of nitrogens with one attached hydrogen (secondary N) is 2. The van der Waals surface area contributed by atoms with Crippen LogP contribution in [0.15, 0.2) is 77.7 Å². The van der Waals surface area contributed by atoms with Gasteiger partial charge in [-0.1, -0.05) is 30.3 Å². The third-order valence-electron chi connectivity index (χ3n) is 5.13. The fourth-order valence-electron chi connectivity index (χ4n) is 3.28. The van der Waals surface area contributed by atoms with Gasteiger partial charge < -0.3 is 10.2 Å². The first kappa shape index (κ1) is 23.4. The highest BCUT2D eigenvalue weighted by Crippen LogP contribution is 2.21. The minimum absolute atomic E-state index is 0.0585. The van der Waals surface area contributed by atoms with E-state index in [0.29, 0.717) is 11.3 Å². The summed E-state index contributed by atoms with van der Waals surface area (Å²) < 4.78 is 41.5. The standard InChI is InChI=1S/C24H26FN3O3S/c1-17-7-4-5-10-22(17)27-32(30,31)21-13-11-18(12-14-21)24(29)26-16-23(28(2)3)19-8-6-9-20(25)15-19/h4-15,23,27H,16H2,1-3H3,(H,26,29)/t23-/m1/s1. The third-order valence-corrected chi connectivity index (χ3v) is 6.51. The molecule has 0 spiro atoms. The van der Waals surface area contributed by atoms with Gasteiger partial charge in [-0.3, -0.25) is 9.52 Å². The van der Waals surface area contributed by atoms with Crippen molar-refractivity contribution in [1.82, 2.24) is 10.2 Å². The normalized spacial score (nSPS) is 12.4. The predicted molar refractivity (Wildman–Crippen MR) is 124 cm³/mol. The molecule has 0 heterocycles. The Hall–Kier alpha value is -3.23. The Morgan fingerprint density at radius 3 is 2.31 bits per heavy atom. The zero-order valence-corrected chi connectivity index (χ0v) is 19.0. The van der Waals surface area contributed by atoms with Gasteiger partial charge in [0, 0.05) is 12.1 Å². The summed E-state index contributed by atoms with van der Waals surface area (Å²) in [6, 6.07) is 18.8. The summed E-state index contributed by atoms with van der Waals surface area (Å²) in [6.45, 7) is 2.08. The maximum absolute atomic E-state index is 13.6. The van der Waals surface area contributed by atoms with E-state index in [1.54, 1.807) is 24.3 Å². The second-order valence-corrected chi connectivity index (χ2v) is 9.37. The monoisotopic (exact) mass is 455 g/mol. The number of benzene rings is 3. The van der Waals surface area contributed by atoms with Crippen molar-refractivity contribution in [3.63, 3.8) is 0 Å². The van der Waals surface area contributed by atoms with Crippen LogP contribution < -0.4 is 10.0 Å². The average molecular weight is 456 g/mol. The van der Waals surface area contributed by atoms with Crippen LogP contribution in [0.3, 0.4) is 0 Å². The minimum Gasteiger partial charge on any atom is -0.350 e. The highest BCUT2D eigenvalue weighted by Gasteiger charge is 2.18. The van der Waals surface area contributed by atoms with E-state index in [4.69, 9.17) is 0 Å². The van der Waals surface area contributed by atoms with Crippen molar-refractivity contribution in [1.29, 1.82) is 0 Å². The van der Waals surface area contributed by atoms with Gasteiger partial charge in [-0.2, -0.15) is 0 Å². The number of anilines is 1. The van der Waals surface area contributed by atoms with Crippen molar-refractivity contribution >= 4 is 21.6 Å². The van der Waals surface area contributed by atoms with Crippen molar-refractivity contribution in [3.8, 4) is 0 Å². The first-order valence-corrected chi connectivity index (χ1v) is 11.5. The zero-order chi connectivity index (χ0) is 23.3. The third kappa shape index (κ3) is 5.72. The van der Waals surface area contributed by atoms with E-state index in [1.807, 2.05) is 38.1 Å². The summed E-state index contributed by atoms with van der Waals surface area (Å²) in [4.78, 5) is 14.5. The average Bonchev–Trinajstić information content (AvgIpc) is 2.75. The molecule has 1 atom stereocenters. The summed E-state index contributed by atoms with van der Waals surface area (Å²) in [5, 5.41) is 2.84. The molecule has 1 amide bonds. The van der Waals surface area contributed by atoms with E-state index in [9.17, 15) is 17.6 Å². The summed E-state index contributed by atoms with van der Waals surface area (Å²) in [5.41, 5.74) is 2.39. The number of para-hydroxylation sites is 1. The Labute approximate surface area is 188 Å². The molecular weight excluding hydrogens is 429 g/mol. The molecule has 0 fully saturated rings. The fraction of sp³-hybridized carbons (Fsp3) is 0.208. The largest absolute Gasteiger partial charge is 0.350 e. The number of halogens is 1. The number of carbonyl (C=O) groups excluding carboxylic acids is 1. The molecule has 3 rings (SSSR count). The molecule has 0 bridgehead atoms. The van der Waals surface area contributed by atoms with Gasteiger partial charge >= 0.3 is 0 Å². The molecule has 0 saturated carbocycles. The van der Waals surface area contributed by atoms with Crippen molar-refractivity contribution in [2.45, 2.75) is 17.9 Å². The Balaban J connectivity index is 1.68. The molecule has 3 aromatic rings. The molecule has 8 heteroatoms. The Kier molecular flexibility index (Phi) is 7.27. The molecule has 0 aliphatic heterocycles. The number of rotatable bonds is 8. The molecule has 0 aromatic heterocycles. The maximum Gasteiger partial charge on any atom is 0.261 e. The van der Waals surface area contributed by atoms with Crippen LogP contribution in [0.5, 0.6) is 0 Å². The number of nitrogens with zero attached hydrogens (tertiary/aromatic N) is 1. The van der Waals surface area contributed by atoms with Gasteiger partial charge in [0.15, 0.2) is 0 Å². The molecule has 168 valence electrons. The van der Waals surface area contributed by atoms with Crippen molar-refractivity contribution in [3.05, 3.63) is 95.3 Å². The first-order chi connectivity index (χ1) is 15.2. The van der Waals surface area contributed by atoms with Crippen LogP contribution >= 0.6 is 0 Å². The topological polar surface area (TPSA) is 78.5 Å². The quantitative estimate of drug-likeness (QED) is 0.539. The van der Waals surface area contributed by atoms with Gasteiger partial charge in [-0.25, -0.2) is 12.8 Å². The van der Waals surface area contributed by atoms with Crippen LogP contribution in [0.4, 0.5) is 10.1 Å². The van der Waals surface area contributed by atoms with Crippen LogP contribution in [0.25, 0.3) is 0 Å². The number of carbonyl (C=O) groups is 1. The fourth-order valence-corrected chi connectivity index (χ4v) is 4.41. The molecule has 32 heavy (non-hydrogen) atoms. The molecule has 3 aromatic carbocycles. The Morgan fingerprint density at radius 2 is 1.69 bits per heavy atom. The lowest BCUT2D eigenvalue weighted by atomic mass is 10.1. The maximum atomic E-state index is 13.6. The minimum atomic E-state index is -3.78. The van der Waals surface area contributed by atoms with E-state index in [-0.39, 0.29) is 29.2 Å². The van der Waals surface area contributed by atoms with Gasteiger partial charge in [0.1, 0.15) is 5.82 Å². The molecular formula is C24H26FN3O3S. The SMILES string of the molecule is Cc1ccccc1NS(=O)(=O)c1ccc(C(=O)NC[C@H](c2cccc(F)c2)N(C)C)cc1. The van der Waals surface area contributed by atoms with Crippen LogP contribution in [0.2, 0.25) is 0 Å². The number of hydrogen-bond acceptors (Lipinski definition) is 4. The summed E-state index contributed by atoms with van der Waals surface area (Å²) in [5.74, 6) is -0.680. The van der Waals surface area contributed by atoms with Gasteiger partial charge in [0.05, 0.1) is 16.6 Å². The van der Waals surface area contributed by atoms with Crippen molar-refractivity contribution in [2.24, 2.45) is 0 Å². The highest BCUT2D eigenvalue weighted by atomic mass is 32.2. The van der Waals surface area contributed by atoms with Crippen LogP contribution in [-0.4, -0.2) is 39.9 Å². The van der Waals surface area contributed by atoms with Crippen molar-refractivity contribution < 1.29 is 17.6 Å². The highest BCUT2D eigenvalue weighted by molar-refractivity contribution is 7.92. The van der Waals surface area contributed by atoms with E-state index < -0.39 is 10.0 Å². The molecule has 0 saturated heterocycles. The second kappa shape index (κ2) is 9.93. The number of likely N-dealkylation sites (N-methyl/N-ethyl adjacent to an activating group) is 1. The predicted octanol–water partition coefficient (Wildman–Crippen LogP) is 3.97. The van der Waals surface area contributed by atoms with Crippen LogP contribution in [0.1, 0.15) is 27.5 Å². The smallest absolute Gasteiger partial charge is 0.261 e. The molecule has 0 aliphatic rings. The van der Waals surface area contributed by atoms with Crippen LogP contribution in [0, 0.1) is 12.7 Å². The van der Waals surface area contributed by atoms with E-state index in [2.05, 4.69) is 10.0 Å². The summed E-state index contributed by atoms with van der Waals surface area (Å²) in [6.07, 6.45) is 0. The number of amides is 1. The molecule has 6 nitrogen and oxygen atoms in total. The van der Waals surface area contributed by atoms with Gasteiger partial charge in [-0.15, -0.1) is 0 Å². The second-order valence-electron chi connectivity index (χ2n) is 7.69. The van der Waals surface area contributed by atoms with Crippen molar-refractivity contribution in [2.75, 3.05) is 25.4 Å². The summed E-state index contributed by atoms with van der Waals surface area (Å²) in [7, 11) is -0.0792. The Morgan fingerprint density at radius 1 is 1.00 bits per heavy atom. The van der Waals surface area contributed by atoms with Gasteiger partial charge in [0.25, 0.3) is 15.9 Å². The summed E-state index contributed by atoms with van der Waals surface area (Å²) >= 11 is 0. The lowest BCUT2D eigenvalue weighted by Crippen LogP contribution is -2.34. The molecule has 0 aliphatic carbocycles. The van der Waals surface area contributed by atoms with E-state index in [0.717, 1.165) is 11.1 Å². The van der Waals surface area contributed by atoms with Gasteiger partial charge in [0.2, 0.25) is 0 Å². The number of sulfonamides is 1. The lowest BCUT2D eigenvalue weighted by molar-refractivity contribution is 0.0942. The first-order valence-electron chi connectivity index (χ1n) is 10.1. The molecule has 0 radical (unpaired) electrons. The van der Waals surface area contributed by atoms with Gasteiger partial charge in [-0.05, 0) is 74.6 Å². The van der Waals surface area contributed by atoms with E-state index >= 15 is 0 Å². The Bertz CT molecular complexity index is 1200. The lowest BCUT2D eigenvalue weighted by Gasteiger charge is -2.25. The van der Waals surface area contributed by atoms with E-state index in [1.165, 1.54) is 36.4 Å². The number of aryl methyl sites for hydroxylation is 1. The molecule has 2 N–H and O–H groups in total. The zero-order valence-electron chi connectivity index (χ0n) is 18.2.